The molecule has 2 atom stereocenters. The quantitative estimate of drug-likeness (QED) is 0.739. The molecule has 2 rings (SSSR count). The number of aromatic nitrogens is 1. The van der Waals surface area contributed by atoms with Crippen molar-refractivity contribution in [2.75, 3.05) is 33.1 Å². The van der Waals surface area contributed by atoms with Gasteiger partial charge in [-0.2, -0.15) is 0 Å². The van der Waals surface area contributed by atoms with E-state index in [1.54, 1.807) is 18.3 Å². The Kier molecular flexibility index (Phi) is 6.52. The van der Waals surface area contributed by atoms with Gasteiger partial charge in [0.05, 0.1) is 18.9 Å². The van der Waals surface area contributed by atoms with Crippen LogP contribution in [-0.4, -0.2) is 68.8 Å². The first-order valence-corrected chi connectivity index (χ1v) is 9.57. The van der Waals surface area contributed by atoms with Gasteiger partial charge in [-0.15, -0.1) is 0 Å². The van der Waals surface area contributed by atoms with Crippen LogP contribution in [0.15, 0.2) is 24.4 Å². The van der Waals surface area contributed by atoms with Crippen molar-refractivity contribution >= 4 is 15.9 Å². The number of sulfonamides is 1. The lowest BCUT2D eigenvalue weighted by Gasteiger charge is -2.32. The SMILES string of the molecule is CN(CCC(=O)N[C@@H]1CCOC[C@H]1Oc1ccccn1)S(C)(=O)=O. The number of amides is 1. The van der Waals surface area contributed by atoms with Crippen LogP contribution in [0.5, 0.6) is 5.88 Å². The highest BCUT2D eigenvalue weighted by Gasteiger charge is 2.29. The van der Waals surface area contributed by atoms with Gasteiger partial charge in [-0.05, 0) is 12.5 Å². The van der Waals surface area contributed by atoms with Gasteiger partial charge in [0.25, 0.3) is 0 Å². The highest BCUT2D eigenvalue weighted by molar-refractivity contribution is 7.88. The number of rotatable bonds is 7. The molecule has 0 bridgehead atoms. The van der Waals surface area contributed by atoms with Crippen LogP contribution in [0.1, 0.15) is 12.8 Å². The third kappa shape index (κ3) is 5.73. The summed E-state index contributed by atoms with van der Waals surface area (Å²) in [6.45, 7) is 1.04. The lowest BCUT2D eigenvalue weighted by atomic mass is 10.1. The normalized spacial score (nSPS) is 21.5. The van der Waals surface area contributed by atoms with Crippen LogP contribution in [0.4, 0.5) is 0 Å². The summed E-state index contributed by atoms with van der Waals surface area (Å²) in [5.74, 6) is 0.260. The molecule has 0 aliphatic carbocycles. The highest BCUT2D eigenvalue weighted by Crippen LogP contribution is 2.15. The fraction of sp³-hybridized carbons (Fsp3) is 0.600. The fourth-order valence-electron chi connectivity index (χ4n) is 2.27. The Morgan fingerprint density at radius 1 is 1.50 bits per heavy atom. The van der Waals surface area contributed by atoms with Crippen molar-refractivity contribution in [1.29, 1.82) is 0 Å². The number of hydrogen-bond acceptors (Lipinski definition) is 6. The average molecular weight is 357 g/mol. The average Bonchev–Trinajstić information content (AvgIpc) is 2.54. The maximum Gasteiger partial charge on any atom is 0.221 e. The topological polar surface area (TPSA) is 97.8 Å². The van der Waals surface area contributed by atoms with E-state index in [2.05, 4.69) is 10.3 Å². The molecule has 8 nitrogen and oxygen atoms in total. The molecule has 1 aliphatic heterocycles. The Morgan fingerprint density at radius 2 is 2.29 bits per heavy atom. The standard InChI is InChI=1S/C15H23N3O5S/c1-18(24(2,20)21)9-6-14(19)17-12-7-10-22-11-13(12)23-15-5-3-4-8-16-15/h3-5,8,12-13H,6-7,9-11H2,1-2H3,(H,17,19)/t12-,13-/m1/s1. The minimum absolute atomic E-state index is 0.0945. The molecular weight excluding hydrogens is 334 g/mol. The molecule has 24 heavy (non-hydrogen) atoms. The van der Waals surface area contributed by atoms with Crippen molar-refractivity contribution < 1.29 is 22.7 Å². The van der Waals surface area contributed by atoms with Crippen molar-refractivity contribution in [2.45, 2.75) is 25.0 Å². The summed E-state index contributed by atoms with van der Waals surface area (Å²) < 4.78 is 35.0. The number of nitrogens with one attached hydrogen (secondary N) is 1. The van der Waals surface area contributed by atoms with Crippen LogP contribution in [0.25, 0.3) is 0 Å². The fourth-order valence-corrected chi connectivity index (χ4v) is 2.69. The molecule has 1 amide bonds. The van der Waals surface area contributed by atoms with E-state index in [9.17, 15) is 13.2 Å². The summed E-state index contributed by atoms with van der Waals surface area (Å²) in [4.78, 5) is 16.2. The second-order valence-corrected chi connectivity index (χ2v) is 7.79. The smallest absolute Gasteiger partial charge is 0.221 e. The van der Waals surface area contributed by atoms with Gasteiger partial charge in [0.2, 0.25) is 21.8 Å². The van der Waals surface area contributed by atoms with Gasteiger partial charge >= 0.3 is 0 Å². The first-order valence-electron chi connectivity index (χ1n) is 7.72. The first kappa shape index (κ1) is 18.6. The predicted octanol–water partition coefficient (Wildman–Crippen LogP) is 0.0156. The van der Waals surface area contributed by atoms with Gasteiger partial charge < -0.3 is 14.8 Å². The molecule has 0 aromatic carbocycles. The second kappa shape index (κ2) is 8.41. The molecule has 0 saturated carbocycles. The number of nitrogens with zero attached hydrogens (tertiary/aromatic N) is 2. The zero-order chi connectivity index (χ0) is 17.6. The number of ether oxygens (including phenoxy) is 2. The molecule has 0 unspecified atom stereocenters. The maximum absolute atomic E-state index is 12.1. The summed E-state index contributed by atoms with van der Waals surface area (Å²) in [6.07, 6.45) is 3.14. The van der Waals surface area contributed by atoms with Crippen molar-refractivity contribution in [3.8, 4) is 5.88 Å². The summed E-state index contributed by atoms with van der Waals surface area (Å²) >= 11 is 0. The van der Waals surface area contributed by atoms with Gasteiger partial charge in [0.15, 0.2) is 0 Å². The predicted molar refractivity (Wildman–Crippen MR) is 88.1 cm³/mol. The van der Waals surface area contributed by atoms with Gasteiger partial charge in [-0.3, -0.25) is 4.79 Å². The number of carbonyl (C=O) groups excluding carboxylic acids is 1. The zero-order valence-electron chi connectivity index (χ0n) is 13.8. The molecule has 9 heteroatoms. The van der Waals surface area contributed by atoms with Crippen molar-refractivity contribution in [3.63, 3.8) is 0 Å². The van der Waals surface area contributed by atoms with Crippen LogP contribution in [-0.2, 0) is 19.6 Å². The Balaban J connectivity index is 1.87. The largest absolute Gasteiger partial charge is 0.470 e. The highest BCUT2D eigenvalue weighted by atomic mass is 32.2. The van der Waals surface area contributed by atoms with E-state index in [-0.39, 0.29) is 31.0 Å². The van der Waals surface area contributed by atoms with Gasteiger partial charge in [-0.25, -0.2) is 17.7 Å². The van der Waals surface area contributed by atoms with Gasteiger partial charge in [0, 0.05) is 38.9 Å². The Bertz CT molecular complexity index is 638. The van der Waals surface area contributed by atoms with Crippen molar-refractivity contribution in [2.24, 2.45) is 0 Å². The van der Waals surface area contributed by atoms with E-state index in [0.717, 1.165) is 10.6 Å². The summed E-state index contributed by atoms with van der Waals surface area (Å²) in [5, 5.41) is 2.90. The van der Waals surface area contributed by atoms with Gasteiger partial charge in [0.1, 0.15) is 6.10 Å². The Morgan fingerprint density at radius 3 is 2.96 bits per heavy atom. The summed E-state index contributed by atoms with van der Waals surface area (Å²) in [5.41, 5.74) is 0. The molecule has 1 fully saturated rings. The third-order valence-electron chi connectivity index (χ3n) is 3.78. The molecule has 1 saturated heterocycles. The van der Waals surface area contributed by atoms with Crippen LogP contribution in [0, 0.1) is 0 Å². The first-order chi connectivity index (χ1) is 11.4. The molecule has 2 heterocycles. The van der Waals surface area contributed by atoms with Crippen LogP contribution in [0.2, 0.25) is 0 Å². The molecule has 0 spiro atoms. The van der Waals surface area contributed by atoms with E-state index < -0.39 is 10.0 Å². The molecule has 1 aromatic heterocycles. The minimum Gasteiger partial charge on any atom is -0.470 e. The van der Waals surface area contributed by atoms with E-state index in [0.29, 0.717) is 25.5 Å². The lowest BCUT2D eigenvalue weighted by Crippen LogP contribution is -2.51. The van der Waals surface area contributed by atoms with Crippen LogP contribution >= 0.6 is 0 Å². The Hall–Kier alpha value is -1.71. The molecule has 134 valence electrons. The molecule has 1 N–H and O–H groups in total. The van der Waals surface area contributed by atoms with E-state index in [4.69, 9.17) is 9.47 Å². The van der Waals surface area contributed by atoms with E-state index in [1.165, 1.54) is 7.05 Å². The monoisotopic (exact) mass is 357 g/mol. The summed E-state index contributed by atoms with van der Waals surface area (Å²) in [6, 6.07) is 5.16. The van der Waals surface area contributed by atoms with E-state index >= 15 is 0 Å². The minimum atomic E-state index is -3.28. The maximum atomic E-state index is 12.1. The van der Waals surface area contributed by atoms with Gasteiger partial charge in [-0.1, -0.05) is 6.07 Å². The lowest BCUT2D eigenvalue weighted by molar-refractivity contribution is -0.124. The molecule has 0 radical (unpaired) electrons. The van der Waals surface area contributed by atoms with Crippen LogP contribution in [0.3, 0.4) is 0 Å². The number of hydrogen-bond donors (Lipinski definition) is 1. The number of pyridine rings is 1. The molecule has 1 aromatic rings. The third-order valence-corrected chi connectivity index (χ3v) is 5.10. The Labute approximate surface area is 142 Å². The number of carbonyl (C=O) groups is 1. The molecular formula is C15H23N3O5S. The van der Waals surface area contributed by atoms with Crippen molar-refractivity contribution in [3.05, 3.63) is 24.4 Å². The zero-order valence-corrected chi connectivity index (χ0v) is 14.7. The summed E-state index contributed by atoms with van der Waals surface area (Å²) in [7, 11) is -1.83. The molecule has 1 aliphatic rings. The van der Waals surface area contributed by atoms with Crippen LogP contribution < -0.4 is 10.1 Å². The second-order valence-electron chi connectivity index (χ2n) is 5.70. The van der Waals surface area contributed by atoms with Crippen molar-refractivity contribution in [1.82, 2.24) is 14.6 Å². The van der Waals surface area contributed by atoms with E-state index in [1.807, 2.05) is 6.07 Å².